The minimum Gasteiger partial charge on any atom is -0.346 e. The molecule has 176 valence electrons. The molecule has 0 atom stereocenters. The second-order valence-electron chi connectivity index (χ2n) is 7.91. The van der Waals surface area contributed by atoms with Gasteiger partial charge in [-0.25, -0.2) is 4.98 Å². The molecule has 0 bridgehead atoms. The van der Waals surface area contributed by atoms with Gasteiger partial charge in [0.25, 0.3) is 11.8 Å². The van der Waals surface area contributed by atoms with Crippen LogP contribution in [0.25, 0.3) is 21.1 Å². The summed E-state index contributed by atoms with van der Waals surface area (Å²) < 4.78 is 39.7. The van der Waals surface area contributed by atoms with E-state index in [1.165, 1.54) is 23.5 Å². The number of pyridine rings is 1. The van der Waals surface area contributed by atoms with Crippen molar-refractivity contribution in [3.8, 4) is 0 Å². The topological polar surface area (TPSA) is 86.9 Å². The Labute approximate surface area is 200 Å². The number of rotatable bonds is 4. The molecule has 5 rings (SSSR count). The molecular formula is C25H17F3N4O2S. The van der Waals surface area contributed by atoms with E-state index in [2.05, 4.69) is 20.6 Å². The Morgan fingerprint density at radius 1 is 1.00 bits per heavy atom. The van der Waals surface area contributed by atoms with Crippen molar-refractivity contribution >= 4 is 55.6 Å². The number of hydrogen-bond donors (Lipinski definition) is 3. The standard InChI is InChI=1S/C25H17F3N4O2S/c1-13-9-17(31-23(33)14-3-2-4-16(10-14)25(26,27)28)5-6-19(13)32-24(34)20-11-15-12-30-22-18(7-8-29-22)21(15)35-20/h2-12H,1H3,(H,29,30)(H,31,33)(H,32,34). The Morgan fingerprint density at radius 2 is 1.83 bits per heavy atom. The average Bonchev–Trinajstić information content (AvgIpc) is 3.47. The number of nitrogens with zero attached hydrogens (tertiary/aromatic N) is 1. The molecule has 0 fully saturated rings. The molecule has 0 saturated heterocycles. The van der Waals surface area contributed by atoms with Crippen LogP contribution in [0.5, 0.6) is 0 Å². The highest BCUT2D eigenvalue weighted by Crippen LogP contribution is 2.32. The van der Waals surface area contributed by atoms with Crippen LogP contribution in [-0.4, -0.2) is 21.8 Å². The summed E-state index contributed by atoms with van der Waals surface area (Å²) in [5.41, 5.74) is 1.38. The molecule has 5 aromatic rings. The van der Waals surface area contributed by atoms with Gasteiger partial charge in [0.2, 0.25) is 0 Å². The molecule has 2 aromatic carbocycles. The van der Waals surface area contributed by atoms with E-state index in [0.717, 1.165) is 33.3 Å². The van der Waals surface area contributed by atoms with E-state index < -0.39 is 17.6 Å². The zero-order valence-corrected chi connectivity index (χ0v) is 19.0. The lowest BCUT2D eigenvalue weighted by Crippen LogP contribution is -2.14. The van der Waals surface area contributed by atoms with E-state index in [9.17, 15) is 22.8 Å². The number of aromatic amines is 1. The highest BCUT2D eigenvalue weighted by atomic mass is 32.1. The lowest BCUT2D eigenvalue weighted by Gasteiger charge is -2.12. The number of H-pyrrole nitrogens is 1. The highest BCUT2D eigenvalue weighted by Gasteiger charge is 2.30. The molecule has 0 aliphatic carbocycles. The monoisotopic (exact) mass is 494 g/mol. The SMILES string of the molecule is Cc1cc(NC(=O)c2cccc(C(F)(F)F)c2)ccc1NC(=O)c1cc2cnc3[nH]ccc3c2s1. The van der Waals surface area contributed by atoms with Gasteiger partial charge >= 0.3 is 6.18 Å². The van der Waals surface area contributed by atoms with Crippen LogP contribution in [0.15, 0.2) is 67.0 Å². The van der Waals surface area contributed by atoms with E-state index in [-0.39, 0.29) is 11.5 Å². The Balaban J connectivity index is 1.32. The fourth-order valence-electron chi connectivity index (χ4n) is 3.71. The number of aromatic nitrogens is 2. The zero-order chi connectivity index (χ0) is 24.7. The fraction of sp³-hybridized carbons (Fsp3) is 0.0800. The number of benzene rings is 2. The number of halogens is 3. The van der Waals surface area contributed by atoms with E-state index in [4.69, 9.17) is 0 Å². The summed E-state index contributed by atoms with van der Waals surface area (Å²) in [7, 11) is 0. The predicted octanol–water partition coefficient (Wildman–Crippen LogP) is 6.61. The Hall–Kier alpha value is -4.18. The molecule has 0 unspecified atom stereocenters. The van der Waals surface area contributed by atoms with Crippen molar-refractivity contribution in [3.05, 3.63) is 88.6 Å². The van der Waals surface area contributed by atoms with Gasteiger partial charge in [0.15, 0.2) is 0 Å². The largest absolute Gasteiger partial charge is 0.416 e. The summed E-state index contributed by atoms with van der Waals surface area (Å²) >= 11 is 1.37. The molecule has 2 amide bonds. The molecule has 3 aromatic heterocycles. The number of hydrogen-bond acceptors (Lipinski definition) is 4. The van der Waals surface area contributed by atoms with Gasteiger partial charge in [-0.2, -0.15) is 13.2 Å². The number of alkyl halides is 3. The number of thiophene rings is 1. The highest BCUT2D eigenvalue weighted by molar-refractivity contribution is 7.21. The molecule has 0 aliphatic rings. The zero-order valence-electron chi connectivity index (χ0n) is 18.2. The quantitative estimate of drug-likeness (QED) is 0.263. The number of anilines is 2. The van der Waals surface area contributed by atoms with Crippen molar-refractivity contribution in [1.29, 1.82) is 0 Å². The number of fused-ring (bicyclic) bond motifs is 3. The van der Waals surface area contributed by atoms with Crippen molar-refractivity contribution in [2.24, 2.45) is 0 Å². The van der Waals surface area contributed by atoms with Crippen molar-refractivity contribution in [2.45, 2.75) is 13.1 Å². The Kier molecular flexibility index (Phi) is 5.52. The van der Waals surface area contributed by atoms with Gasteiger partial charge in [0.05, 0.1) is 10.4 Å². The van der Waals surface area contributed by atoms with Crippen molar-refractivity contribution in [2.75, 3.05) is 10.6 Å². The summed E-state index contributed by atoms with van der Waals surface area (Å²) in [5, 5.41) is 7.29. The maximum atomic E-state index is 12.9. The van der Waals surface area contributed by atoms with Crippen LogP contribution in [0.3, 0.4) is 0 Å². The number of aryl methyl sites for hydroxylation is 1. The smallest absolute Gasteiger partial charge is 0.346 e. The van der Waals surface area contributed by atoms with Crippen LogP contribution < -0.4 is 10.6 Å². The predicted molar refractivity (Wildman–Crippen MR) is 130 cm³/mol. The summed E-state index contributed by atoms with van der Waals surface area (Å²) in [4.78, 5) is 33.3. The first-order chi connectivity index (χ1) is 16.7. The summed E-state index contributed by atoms with van der Waals surface area (Å²) in [6.07, 6.45) is -1.02. The molecular weight excluding hydrogens is 477 g/mol. The first-order valence-electron chi connectivity index (χ1n) is 10.5. The van der Waals surface area contributed by atoms with Gasteiger partial charge in [-0.15, -0.1) is 11.3 Å². The van der Waals surface area contributed by atoms with E-state index in [0.29, 0.717) is 21.8 Å². The third kappa shape index (κ3) is 4.47. The van der Waals surface area contributed by atoms with Crippen molar-refractivity contribution in [3.63, 3.8) is 0 Å². The lowest BCUT2D eigenvalue weighted by molar-refractivity contribution is -0.137. The molecule has 3 N–H and O–H groups in total. The van der Waals surface area contributed by atoms with E-state index in [1.807, 2.05) is 6.07 Å². The van der Waals surface area contributed by atoms with Gasteiger partial charge in [-0.05, 0) is 61.0 Å². The third-order valence-electron chi connectivity index (χ3n) is 5.47. The van der Waals surface area contributed by atoms with Crippen LogP contribution in [0.1, 0.15) is 31.2 Å². The van der Waals surface area contributed by atoms with Crippen LogP contribution in [-0.2, 0) is 6.18 Å². The molecule has 10 heteroatoms. The summed E-state index contributed by atoms with van der Waals surface area (Å²) in [6, 6.07) is 12.8. The summed E-state index contributed by atoms with van der Waals surface area (Å²) in [5.74, 6) is -0.944. The third-order valence-corrected chi connectivity index (χ3v) is 6.65. The number of carbonyl (C=O) groups is 2. The molecule has 0 radical (unpaired) electrons. The van der Waals surface area contributed by atoms with Crippen LogP contribution in [0.2, 0.25) is 0 Å². The molecule has 35 heavy (non-hydrogen) atoms. The van der Waals surface area contributed by atoms with E-state index >= 15 is 0 Å². The van der Waals surface area contributed by atoms with Gasteiger partial charge in [-0.1, -0.05) is 6.07 Å². The van der Waals surface area contributed by atoms with Crippen molar-refractivity contribution < 1.29 is 22.8 Å². The second kappa shape index (κ2) is 8.55. The molecule has 6 nitrogen and oxygen atoms in total. The minimum atomic E-state index is -4.54. The normalized spacial score (nSPS) is 11.7. The van der Waals surface area contributed by atoms with Crippen molar-refractivity contribution in [1.82, 2.24) is 9.97 Å². The van der Waals surface area contributed by atoms with Crippen LogP contribution >= 0.6 is 11.3 Å². The molecule has 3 heterocycles. The minimum absolute atomic E-state index is 0.106. The van der Waals surface area contributed by atoms with Gasteiger partial charge in [0.1, 0.15) is 5.65 Å². The molecule has 0 spiro atoms. The first kappa shape index (κ1) is 22.6. The average molecular weight is 494 g/mol. The lowest BCUT2D eigenvalue weighted by atomic mass is 10.1. The molecule has 0 aliphatic heterocycles. The van der Waals surface area contributed by atoms with E-state index in [1.54, 1.807) is 43.6 Å². The maximum Gasteiger partial charge on any atom is 0.416 e. The van der Waals surface area contributed by atoms with Gasteiger partial charge < -0.3 is 15.6 Å². The van der Waals surface area contributed by atoms with Crippen LogP contribution in [0.4, 0.5) is 24.5 Å². The van der Waals surface area contributed by atoms with Gasteiger partial charge in [-0.3, -0.25) is 9.59 Å². The Morgan fingerprint density at radius 3 is 2.60 bits per heavy atom. The first-order valence-corrected chi connectivity index (χ1v) is 11.3. The van der Waals surface area contributed by atoms with Gasteiger partial charge in [0, 0.05) is 44.8 Å². The number of carbonyl (C=O) groups excluding carboxylic acids is 2. The Bertz CT molecular complexity index is 1600. The number of nitrogens with one attached hydrogen (secondary N) is 3. The maximum absolute atomic E-state index is 12.9. The van der Waals surface area contributed by atoms with Crippen LogP contribution in [0, 0.1) is 6.92 Å². The summed E-state index contributed by atoms with van der Waals surface area (Å²) in [6.45, 7) is 1.76. The number of amides is 2. The molecule has 0 saturated carbocycles. The second-order valence-corrected chi connectivity index (χ2v) is 8.96. The fourth-order valence-corrected chi connectivity index (χ4v) is 4.77.